The van der Waals surface area contributed by atoms with Gasteiger partial charge in [-0.15, -0.1) is 11.3 Å². The first kappa shape index (κ1) is 12.9. The number of hydrogen-bond donors (Lipinski definition) is 1. The van der Waals surface area contributed by atoms with Gasteiger partial charge in [0.1, 0.15) is 0 Å². The maximum Gasteiger partial charge on any atom is 0.0635 e. The van der Waals surface area contributed by atoms with E-state index in [1.54, 1.807) is 0 Å². The number of nitrogens with one attached hydrogen (secondary N) is 1. The Labute approximate surface area is 133 Å². The third kappa shape index (κ3) is 2.91. The second-order valence-electron chi connectivity index (χ2n) is 4.60. The SMILES string of the molecule is Brc1ccc(I)c(NC(c2cccs2)C2CC2)c1. The number of rotatable bonds is 4. The van der Waals surface area contributed by atoms with Crippen LogP contribution in [0.1, 0.15) is 23.8 Å². The largest absolute Gasteiger partial charge is 0.376 e. The van der Waals surface area contributed by atoms with E-state index in [9.17, 15) is 0 Å². The van der Waals surface area contributed by atoms with E-state index in [1.807, 2.05) is 11.3 Å². The Kier molecular flexibility index (Phi) is 3.96. The van der Waals surface area contributed by atoms with E-state index in [0.717, 1.165) is 10.4 Å². The monoisotopic (exact) mass is 433 g/mol. The maximum absolute atomic E-state index is 3.73. The molecule has 1 N–H and O–H groups in total. The summed E-state index contributed by atoms with van der Waals surface area (Å²) in [7, 11) is 0. The molecular weight excluding hydrogens is 421 g/mol. The number of halogens is 2. The molecule has 1 heterocycles. The van der Waals surface area contributed by atoms with Crippen LogP contribution >= 0.6 is 49.9 Å². The third-order valence-electron chi connectivity index (χ3n) is 3.18. The van der Waals surface area contributed by atoms with Gasteiger partial charge in [0.2, 0.25) is 0 Å². The second kappa shape index (κ2) is 5.51. The predicted molar refractivity (Wildman–Crippen MR) is 90.3 cm³/mol. The molecule has 0 aliphatic heterocycles. The number of benzene rings is 1. The molecule has 0 saturated heterocycles. The van der Waals surface area contributed by atoms with Crippen molar-refractivity contribution in [3.63, 3.8) is 0 Å². The van der Waals surface area contributed by atoms with Crippen LogP contribution in [0.4, 0.5) is 5.69 Å². The van der Waals surface area contributed by atoms with Crippen molar-refractivity contribution in [2.24, 2.45) is 5.92 Å². The van der Waals surface area contributed by atoms with Crippen molar-refractivity contribution in [1.29, 1.82) is 0 Å². The van der Waals surface area contributed by atoms with Crippen LogP contribution in [0.15, 0.2) is 40.2 Å². The first-order valence-corrected chi connectivity index (χ1v) is 8.74. The fourth-order valence-electron chi connectivity index (χ4n) is 2.09. The van der Waals surface area contributed by atoms with E-state index in [2.05, 4.69) is 79.5 Å². The molecule has 1 aliphatic carbocycles. The van der Waals surface area contributed by atoms with Gasteiger partial charge in [0, 0.05) is 18.6 Å². The second-order valence-corrected chi connectivity index (χ2v) is 7.66. The summed E-state index contributed by atoms with van der Waals surface area (Å²) < 4.78 is 2.41. The van der Waals surface area contributed by atoms with Crippen LogP contribution in [0.5, 0.6) is 0 Å². The molecule has 18 heavy (non-hydrogen) atoms. The zero-order valence-corrected chi connectivity index (χ0v) is 14.3. The summed E-state index contributed by atoms with van der Waals surface area (Å²) in [4.78, 5) is 1.45. The molecule has 94 valence electrons. The number of anilines is 1. The van der Waals surface area contributed by atoms with Crippen LogP contribution in [-0.2, 0) is 0 Å². The molecule has 1 saturated carbocycles. The highest BCUT2D eigenvalue weighted by Crippen LogP contribution is 2.44. The predicted octanol–water partition coefficient (Wildman–Crippen LogP) is 5.68. The molecule has 0 amide bonds. The third-order valence-corrected chi connectivity index (χ3v) is 5.57. The van der Waals surface area contributed by atoms with Gasteiger partial charge in [-0.1, -0.05) is 22.0 Å². The fourth-order valence-corrected chi connectivity index (χ4v) is 3.82. The lowest BCUT2D eigenvalue weighted by molar-refractivity contribution is 0.690. The molecule has 0 bridgehead atoms. The molecule has 0 radical (unpaired) electrons. The van der Waals surface area contributed by atoms with Gasteiger partial charge in [-0.2, -0.15) is 0 Å². The minimum Gasteiger partial charge on any atom is -0.376 e. The minimum absolute atomic E-state index is 0.479. The van der Waals surface area contributed by atoms with E-state index in [-0.39, 0.29) is 0 Å². The van der Waals surface area contributed by atoms with Crippen molar-refractivity contribution >= 4 is 55.5 Å². The van der Waals surface area contributed by atoms with E-state index in [1.165, 1.54) is 27.0 Å². The minimum atomic E-state index is 0.479. The van der Waals surface area contributed by atoms with Crippen molar-refractivity contribution in [2.75, 3.05) is 5.32 Å². The van der Waals surface area contributed by atoms with Gasteiger partial charge in [-0.05, 0) is 71.0 Å². The Morgan fingerprint density at radius 2 is 2.17 bits per heavy atom. The van der Waals surface area contributed by atoms with Gasteiger partial charge in [0.25, 0.3) is 0 Å². The highest BCUT2D eigenvalue weighted by Gasteiger charge is 2.33. The fraction of sp³-hybridized carbons (Fsp3) is 0.286. The van der Waals surface area contributed by atoms with E-state index < -0.39 is 0 Å². The molecule has 1 aromatic carbocycles. The van der Waals surface area contributed by atoms with E-state index in [0.29, 0.717) is 6.04 Å². The smallest absolute Gasteiger partial charge is 0.0635 e. The summed E-state index contributed by atoms with van der Waals surface area (Å²) in [5, 5.41) is 5.89. The van der Waals surface area contributed by atoms with Crippen LogP contribution in [0, 0.1) is 9.49 Å². The van der Waals surface area contributed by atoms with Gasteiger partial charge in [0.05, 0.1) is 6.04 Å². The Hall–Kier alpha value is -0.0700. The molecule has 3 rings (SSSR count). The average Bonchev–Trinajstić information content (AvgIpc) is 3.05. The highest BCUT2D eigenvalue weighted by molar-refractivity contribution is 14.1. The topological polar surface area (TPSA) is 12.0 Å². The number of thiophene rings is 1. The highest BCUT2D eigenvalue weighted by atomic mass is 127. The molecule has 1 aliphatic rings. The zero-order valence-electron chi connectivity index (χ0n) is 9.70. The van der Waals surface area contributed by atoms with Gasteiger partial charge in [-0.25, -0.2) is 0 Å². The van der Waals surface area contributed by atoms with Crippen molar-refractivity contribution in [3.05, 3.63) is 48.6 Å². The maximum atomic E-state index is 3.73. The van der Waals surface area contributed by atoms with E-state index >= 15 is 0 Å². The molecule has 0 spiro atoms. The summed E-state index contributed by atoms with van der Waals surface area (Å²) in [6.07, 6.45) is 2.69. The first-order chi connectivity index (χ1) is 8.74. The van der Waals surface area contributed by atoms with Crippen LogP contribution < -0.4 is 5.32 Å². The number of hydrogen-bond acceptors (Lipinski definition) is 2. The van der Waals surface area contributed by atoms with Gasteiger partial charge in [-0.3, -0.25) is 0 Å². The van der Waals surface area contributed by atoms with Crippen molar-refractivity contribution in [3.8, 4) is 0 Å². The summed E-state index contributed by atoms with van der Waals surface area (Å²) in [6.45, 7) is 0. The molecule has 2 aromatic rings. The lowest BCUT2D eigenvalue weighted by Gasteiger charge is -2.19. The summed E-state index contributed by atoms with van der Waals surface area (Å²) in [5.41, 5.74) is 1.23. The molecule has 1 fully saturated rings. The molecular formula is C14H13BrINS. The standard InChI is InChI=1S/C14H13BrINS/c15-10-5-6-11(16)12(8-10)17-14(9-3-4-9)13-2-1-7-18-13/h1-2,5-9,14,17H,3-4H2. The summed E-state index contributed by atoms with van der Waals surface area (Å²) in [5.74, 6) is 0.804. The van der Waals surface area contributed by atoms with Crippen LogP contribution in [0.2, 0.25) is 0 Å². The summed E-state index contributed by atoms with van der Waals surface area (Å²) in [6, 6.07) is 11.3. The van der Waals surface area contributed by atoms with Crippen LogP contribution in [0.3, 0.4) is 0 Å². The Morgan fingerprint density at radius 1 is 1.33 bits per heavy atom. The van der Waals surface area contributed by atoms with Crippen LogP contribution in [0.25, 0.3) is 0 Å². The van der Waals surface area contributed by atoms with Crippen molar-refractivity contribution in [2.45, 2.75) is 18.9 Å². The van der Waals surface area contributed by atoms with Crippen molar-refractivity contribution in [1.82, 2.24) is 0 Å². The molecule has 4 heteroatoms. The lowest BCUT2D eigenvalue weighted by Crippen LogP contribution is -2.12. The van der Waals surface area contributed by atoms with Gasteiger partial charge < -0.3 is 5.32 Å². The Balaban J connectivity index is 1.86. The van der Waals surface area contributed by atoms with Crippen molar-refractivity contribution < 1.29 is 0 Å². The molecule has 1 nitrogen and oxygen atoms in total. The Morgan fingerprint density at radius 3 is 2.83 bits per heavy atom. The normalized spacial score (nSPS) is 16.6. The lowest BCUT2D eigenvalue weighted by atomic mass is 10.1. The molecule has 1 unspecified atom stereocenters. The zero-order chi connectivity index (χ0) is 12.5. The quantitative estimate of drug-likeness (QED) is 0.611. The van der Waals surface area contributed by atoms with Gasteiger partial charge in [0.15, 0.2) is 0 Å². The first-order valence-electron chi connectivity index (χ1n) is 5.99. The molecule has 1 aromatic heterocycles. The van der Waals surface area contributed by atoms with Gasteiger partial charge >= 0.3 is 0 Å². The Bertz CT molecular complexity index is 537. The summed E-state index contributed by atoms with van der Waals surface area (Å²) >= 11 is 7.79. The van der Waals surface area contributed by atoms with Crippen LogP contribution in [-0.4, -0.2) is 0 Å². The molecule has 1 atom stereocenters. The van der Waals surface area contributed by atoms with E-state index in [4.69, 9.17) is 0 Å². The average molecular weight is 434 g/mol.